The van der Waals surface area contributed by atoms with Gasteiger partial charge in [-0.1, -0.05) is 72.8 Å². The topological polar surface area (TPSA) is 76.7 Å². The summed E-state index contributed by atoms with van der Waals surface area (Å²) in [4.78, 5) is 25.4. The number of fused-ring (bicyclic) bond motifs is 1. The van der Waals surface area contributed by atoms with Crippen molar-refractivity contribution in [1.82, 2.24) is 10.9 Å². The zero-order valence-corrected chi connectivity index (χ0v) is 15.6. The van der Waals surface area contributed by atoms with Gasteiger partial charge in [-0.15, -0.1) is 0 Å². The first-order valence-corrected chi connectivity index (χ1v) is 9.30. The molecule has 6 nitrogen and oxygen atoms in total. The van der Waals surface area contributed by atoms with Gasteiger partial charge < -0.3 is 9.47 Å². The first-order valence-electron chi connectivity index (χ1n) is 9.30. The molecule has 0 bridgehead atoms. The fourth-order valence-electron chi connectivity index (χ4n) is 3.21. The maximum absolute atomic E-state index is 12.9. The number of hydrazine groups is 1. The Labute approximate surface area is 168 Å². The molecule has 0 aromatic heterocycles. The number of hydrogen-bond acceptors (Lipinski definition) is 4. The number of hydrogen-bond donors (Lipinski definition) is 2. The van der Waals surface area contributed by atoms with E-state index in [4.69, 9.17) is 9.47 Å². The van der Waals surface area contributed by atoms with E-state index in [1.807, 2.05) is 66.7 Å². The van der Waals surface area contributed by atoms with E-state index in [-0.39, 0.29) is 12.5 Å². The van der Waals surface area contributed by atoms with Gasteiger partial charge in [0, 0.05) is 0 Å². The Hall–Kier alpha value is -3.80. The zero-order valence-electron chi connectivity index (χ0n) is 15.6. The van der Waals surface area contributed by atoms with E-state index >= 15 is 0 Å². The van der Waals surface area contributed by atoms with Gasteiger partial charge in [0.25, 0.3) is 5.91 Å². The molecule has 3 aromatic carbocycles. The van der Waals surface area contributed by atoms with Gasteiger partial charge in [-0.3, -0.25) is 20.4 Å². The third-order valence-electron chi connectivity index (χ3n) is 4.64. The van der Waals surface area contributed by atoms with Crippen molar-refractivity contribution in [3.05, 3.63) is 96.1 Å². The molecule has 0 saturated heterocycles. The molecular formula is C23H20N2O4. The van der Waals surface area contributed by atoms with Crippen molar-refractivity contribution in [2.24, 2.45) is 0 Å². The van der Waals surface area contributed by atoms with Crippen LogP contribution < -0.4 is 20.3 Å². The van der Waals surface area contributed by atoms with Gasteiger partial charge in [-0.25, -0.2) is 0 Å². The number of nitrogens with one attached hydrogen (secondary N) is 2. The molecule has 6 heteroatoms. The van der Waals surface area contributed by atoms with Crippen molar-refractivity contribution in [1.29, 1.82) is 0 Å². The smallest absolute Gasteiger partial charge is 0.283 e. The van der Waals surface area contributed by atoms with Crippen molar-refractivity contribution >= 4 is 11.8 Å². The second-order valence-electron chi connectivity index (χ2n) is 6.60. The Morgan fingerprint density at radius 3 is 1.93 bits per heavy atom. The highest BCUT2D eigenvalue weighted by atomic mass is 16.6. The molecule has 1 aliphatic heterocycles. The second-order valence-corrected chi connectivity index (χ2v) is 6.60. The molecule has 3 aromatic rings. The second kappa shape index (κ2) is 8.48. The lowest BCUT2D eigenvalue weighted by Crippen LogP contribution is -2.51. The van der Waals surface area contributed by atoms with Crippen LogP contribution in [0.2, 0.25) is 0 Å². The van der Waals surface area contributed by atoms with Crippen LogP contribution >= 0.6 is 0 Å². The van der Waals surface area contributed by atoms with E-state index in [1.165, 1.54) is 0 Å². The standard InChI is InChI=1S/C23H20N2O4/c26-22(20-15-28-18-13-7-8-14-19(18)29-20)24-25-23(27)21(16-9-3-1-4-10-16)17-11-5-2-6-12-17/h1-14,20-21H,15H2,(H,24,26)(H,25,27)/t20-/m0/s1. The fourth-order valence-corrected chi connectivity index (χ4v) is 3.21. The summed E-state index contributed by atoms with van der Waals surface area (Å²) < 4.78 is 11.2. The highest BCUT2D eigenvalue weighted by Crippen LogP contribution is 2.30. The number of carbonyl (C=O) groups excluding carboxylic acids is 2. The molecule has 29 heavy (non-hydrogen) atoms. The molecule has 1 aliphatic rings. The van der Waals surface area contributed by atoms with E-state index in [0.717, 1.165) is 11.1 Å². The van der Waals surface area contributed by atoms with Crippen LogP contribution in [0.5, 0.6) is 11.5 Å². The van der Waals surface area contributed by atoms with E-state index in [2.05, 4.69) is 10.9 Å². The van der Waals surface area contributed by atoms with Gasteiger partial charge in [-0.2, -0.15) is 0 Å². The summed E-state index contributed by atoms with van der Waals surface area (Å²) in [6.45, 7) is 0.0690. The average Bonchev–Trinajstić information content (AvgIpc) is 2.79. The Morgan fingerprint density at radius 2 is 1.31 bits per heavy atom. The SMILES string of the molecule is O=C(NNC(=O)[C@@H]1COc2ccccc2O1)C(c1ccccc1)c1ccccc1. The lowest BCUT2D eigenvalue weighted by Gasteiger charge is -2.26. The number of rotatable bonds is 4. The fraction of sp³-hybridized carbons (Fsp3) is 0.130. The van der Waals surface area contributed by atoms with Crippen LogP contribution in [0, 0.1) is 0 Å². The van der Waals surface area contributed by atoms with E-state index in [0.29, 0.717) is 11.5 Å². The predicted octanol–water partition coefficient (Wildman–Crippen LogP) is 2.81. The van der Waals surface area contributed by atoms with Crippen LogP contribution in [0.4, 0.5) is 0 Å². The highest BCUT2D eigenvalue weighted by Gasteiger charge is 2.29. The number of para-hydroxylation sites is 2. The third kappa shape index (κ3) is 4.21. The van der Waals surface area contributed by atoms with Crippen LogP contribution in [0.15, 0.2) is 84.9 Å². The lowest BCUT2D eigenvalue weighted by molar-refractivity contribution is -0.135. The molecule has 146 valence electrons. The summed E-state index contributed by atoms with van der Waals surface area (Å²) >= 11 is 0. The van der Waals surface area contributed by atoms with Crippen molar-refractivity contribution in [2.75, 3.05) is 6.61 Å². The lowest BCUT2D eigenvalue weighted by atomic mass is 9.91. The number of benzene rings is 3. The molecule has 0 aliphatic carbocycles. The van der Waals surface area contributed by atoms with E-state index < -0.39 is 17.9 Å². The summed E-state index contributed by atoms with van der Waals surface area (Å²) in [5, 5.41) is 0. The normalized spacial score (nSPS) is 14.9. The monoisotopic (exact) mass is 388 g/mol. The molecule has 2 N–H and O–H groups in total. The highest BCUT2D eigenvalue weighted by molar-refractivity contribution is 5.90. The molecule has 0 fully saturated rings. The van der Waals surface area contributed by atoms with Crippen molar-refractivity contribution in [3.63, 3.8) is 0 Å². The Balaban J connectivity index is 1.44. The Kier molecular flexibility index (Phi) is 5.42. The summed E-state index contributed by atoms with van der Waals surface area (Å²) in [6, 6.07) is 26.0. The minimum absolute atomic E-state index is 0.0690. The molecule has 0 saturated carbocycles. The average molecular weight is 388 g/mol. The predicted molar refractivity (Wildman–Crippen MR) is 107 cm³/mol. The maximum atomic E-state index is 12.9. The van der Waals surface area contributed by atoms with Crippen LogP contribution in [-0.2, 0) is 9.59 Å². The van der Waals surface area contributed by atoms with Gasteiger partial charge in [-0.05, 0) is 23.3 Å². The van der Waals surface area contributed by atoms with Gasteiger partial charge >= 0.3 is 0 Å². The van der Waals surface area contributed by atoms with E-state index in [9.17, 15) is 9.59 Å². The molecular weight excluding hydrogens is 368 g/mol. The number of amides is 2. The summed E-state index contributed by atoms with van der Waals surface area (Å²) in [5.41, 5.74) is 6.65. The third-order valence-corrected chi connectivity index (χ3v) is 4.64. The van der Waals surface area contributed by atoms with Gasteiger partial charge in [0.1, 0.15) is 6.61 Å². The van der Waals surface area contributed by atoms with Gasteiger partial charge in [0.05, 0.1) is 5.92 Å². The van der Waals surface area contributed by atoms with E-state index in [1.54, 1.807) is 18.2 Å². The Bertz CT molecular complexity index is 953. The minimum atomic E-state index is -0.850. The van der Waals surface area contributed by atoms with Gasteiger partial charge in [0.2, 0.25) is 12.0 Å². The quantitative estimate of drug-likeness (QED) is 0.674. The maximum Gasteiger partial charge on any atom is 0.283 e. The zero-order chi connectivity index (χ0) is 20.1. The van der Waals surface area contributed by atoms with Crippen LogP contribution in [0.3, 0.4) is 0 Å². The molecule has 1 atom stereocenters. The van der Waals surface area contributed by atoms with Crippen LogP contribution in [0.1, 0.15) is 17.0 Å². The molecule has 2 amide bonds. The molecule has 0 spiro atoms. The summed E-state index contributed by atoms with van der Waals surface area (Å²) in [7, 11) is 0. The van der Waals surface area contributed by atoms with Crippen molar-refractivity contribution < 1.29 is 19.1 Å². The minimum Gasteiger partial charge on any atom is -0.485 e. The molecule has 0 unspecified atom stereocenters. The molecule has 1 heterocycles. The summed E-state index contributed by atoms with van der Waals surface area (Å²) in [6.07, 6.45) is -0.850. The Morgan fingerprint density at radius 1 is 0.759 bits per heavy atom. The first-order chi connectivity index (χ1) is 14.2. The molecule has 0 radical (unpaired) electrons. The van der Waals surface area contributed by atoms with Crippen LogP contribution in [0.25, 0.3) is 0 Å². The van der Waals surface area contributed by atoms with Crippen molar-refractivity contribution in [3.8, 4) is 11.5 Å². The van der Waals surface area contributed by atoms with Crippen LogP contribution in [-0.4, -0.2) is 24.5 Å². The molecule has 4 rings (SSSR count). The largest absolute Gasteiger partial charge is 0.485 e. The first kappa shape index (κ1) is 18.6. The number of ether oxygens (including phenoxy) is 2. The summed E-state index contributed by atoms with van der Waals surface area (Å²) in [5.74, 6) is -0.284. The number of carbonyl (C=O) groups is 2. The van der Waals surface area contributed by atoms with Crippen molar-refractivity contribution in [2.45, 2.75) is 12.0 Å². The van der Waals surface area contributed by atoms with Gasteiger partial charge in [0.15, 0.2) is 11.5 Å².